The molecule has 8 nitrogen and oxygen atoms in total. The molecule has 1 aromatic heterocycles. The van der Waals surface area contributed by atoms with Gasteiger partial charge in [-0.2, -0.15) is 0 Å². The number of aromatic nitrogens is 1. The van der Waals surface area contributed by atoms with Gasteiger partial charge in [0.2, 0.25) is 11.8 Å². The van der Waals surface area contributed by atoms with Crippen LogP contribution in [0.4, 0.5) is 5.69 Å². The third-order valence-corrected chi connectivity index (χ3v) is 6.98. The Morgan fingerprint density at radius 3 is 2.40 bits per heavy atom. The van der Waals surface area contributed by atoms with Crippen LogP contribution in [0.3, 0.4) is 0 Å². The van der Waals surface area contributed by atoms with Crippen molar-refractivity contribution in [1.82, 2.24) is 14.8 Å². The van der Waals surface area contributed by atoms with Gasteiger partial charge in [0.1, 0.15) is 12.6 Å². The first kappa shape index (κ1) is 21.1. The number of amides is 2. The highest BCUT2D eigenvalue weighted by molar-refractivity contribution is 5.97. The lowest BCUT2D eigenvalue weighted by Gasteiger charge is -2.47. The fourth-order valence-corrected chi connectivity index (χ4v) is 5.39. The standard InChI is InChI=1S/C27H22N4O4/c32-24-16-29(15-17-6-2-1-3-7-17)27(33)23-14-21-20-8-4-5-9-22(20)28-25(21)26(30(23)24)18-10-12-19(13-11-18)31(34)35/h1-13,23,26,28H,14-16H2/t23-,26+/m0/s1. The molecule has 1 fully saturated rings. The quantitative estimate of drug-likeness (QED) is 0.363. The van der Waals surface area contributed by atoms with Gasteiger partial charge < -0.3 is 14.8 Å². The molecule has 35 heavy (non-hydrogen) atoms. The van der Waals surface area contributed by atoms with E-state index < -0.39 is 17.0 Å². The normalized spacial score (nSPS) is 19.5. The third-order valence-electron chi connectivity index (χ3n) is 6.98. The van der Waals surface area contributed by atoms with Crippen LogP contribution >= 0.6 is 0 Å². The number of nitro groups is 1. The summed E-state index contributed by atoms with van der Waals surface area (Å²) in [5.41, 5.74) is 4.48. The van der Waals surface area contributed by atoms with Crippen LogP contribution in [-0.4, -0.2) is 44.1 Å². The summed E-state index contributed by atoms with van der Waals surface area (Å²) in [5.74, 6) is -0.227. The Hall–Kier alpha value is -4.46. The third kappa shape index (κ3) is 3.45. The molecule has 2 atom stereocenters. The second-order valence-electron chi connectivity index (χ2n) is 9.01. The van der Waals surface area contributed by atoms with E-state index in [1.54, 1.807) is 21.9 Å². The fourth-order valence-electron chi connectivity index (χ4n) is 5.39. The molecular weight excluding hydrogens is 444 g/mol. The smallest absolute Gasteiger partial charge is 0.269 e. The summed E-state index contributed by atoms with van der Waals surface area (Å²) >= 11 is 0. The molecule has 0 spiro atoms. The number of nitro benzene ring substituents is 1. The number of non-ortho nitro benzene ring substituents is 1. The van der Waals surface area contributed by atoms with Gasteiger partial charge in [0.05, 0.1) is 11.0 Å². The number of piperazine rings is 1. The molecule has 0 saturated carbocycles. The van der Waals surface area contributed by atoms with Crippen LogP contribution in [0.1, 0.15) is 28.4 Å². The van der Waals surface area contributed by atoms with E-state index in [2.05, 4.69) is 4.98 Å². The molecule has 3 aromatic carbocycles. The largest absolute Gasteiger partial charge is 0.356 e. The SMILES string of the molecule is O=C1[C@@H]2Cc3c([nH]c4ccccc34)[C@@H](c3ccc([N+](=O)[O-])cc3)N2C(=O)CN1Cc1ccccc1. The van der Waals surface area contributed by atoms with Crippen molar-refractivity contribution in [2.24, 2.45) is 0 Å². The molecule has 0 bridgehead atoms. The van der Waals surface area contributed by atoms with E-state index in [1.807, 2.05) is 54.6 Å². The van der Waals surface area contributed by atoms with E-state index in [1.165, 1.54) is 12.1 Å². The monoisotopic (exact) mass is 466 g/mol. The van der Waals surface area contributed by atoms with E-state index >= 15 is 0 Å². The maximum absolute atomic E-state index is 13.7. The van der Waals surface area contributed by atoms with Crippen molar-refractivity contribution < 1.29 is 14.5 Å². The number of nitrogens with zero attached hydrogens (tertiary/aromatic N) is 3. The maximum atomic E-state index is 13.7. The van der Waals surface area contributed by atoms with Crippen molar-refractivity contribution in [3.8, 4) is 0 Å². The zero-order valence-electron chi connectivity index (χ0n) is 18.8. The highest BCUT2D eigenvalue weighted by atomic mass is 16.6. The molecular formula is C27H22N4O4. The maximum Gasteiger partial charge on any atom is 0.269 e. The van der Waals surface area contributed by atoms with Gasteiger partial charge in [0.15, 0.2) is 0 Å². The van der Waals surface area contributed by atoms with E-state index in [-0.39, 0.29) is 24.0 Å². The van der Waals surface area contributed by atoms with Crippen LogP contribution in [0.15, 0.2) is 78.9 Å². The zero-order valence-corrected chi connectivity index (χ0v) is 18.8. The fraction of sp³-hybridized carbons (Fsp3) is 0.185. The Morgan fingerprint density at radius 1 is 0.943 bits per heavy atom. The highest BCUT2D eigenvalue weighted by Crippen LogP contribution is 2.42. The van der Waals surface area contributed by atoms with E-state index in [0.29, 0.717) is 13.0 Å². The zero-order chi connectivity index (χ0) is 24.1. The number of nitrogens with one attached hydrogen (secondary N) is 1. The molecule has 2 amide bonds. The number of hydrogen-bond donors (Lipinski definition) is 1. The summed E-state index contributed by atoms with van der Waals surface area (Å²) < 4.78 is 0. The second kappa shape index (κ2) is 8.09. The van der Waals surface area contributed by atoms with Crippen molar-refractivity contribution in [1.29, 1.82) is 0 Å². The lowest BCUT2D eigenvalue weighted by molar-refractivity contribution is -0.384. The predicted octanol–water partition coefficient (Wildman–Crippen LogP) is 3.96. The average molecular weight is 466 g/mol. The second-order valence-corrected chi connectivity index (χ2v) is 9.01. The van der Waals surface area contributed by atoms with Crippen LogP contribution < -0.4 is 0 Å². The minimum absolute atomic E-state index is 0.0106. The van der Waals surface area contributed by atoms with Crippen LogP contribution in [-0.2, 0) is 22.6 Å². The lowest BCUT2D eigenvalue weighted by atomic mass is 9.86. The lowest BCUT2D eigenvalue weighted by Crippen LogP contribution is -2.62. The summed E-state index contributed by atoms with van der Waals surface area (Å²) in [5, 5.41) is 12.2. The summed E-state index contributed by atoms with van der Waals surface area (Å²) in [6, 6.07) is 22.6. The number of benzene rings is 3. The molecule has 1 N–H and O–H groups in total. The van der Waals surface area contributed by atoms with Crippen molar-refractivity contribution >= 4 is 28.4 Å². The van der Waals surface area contributed by atoms with Crippen LogP contribution in [0.25, 0.3) is 10.9 Å². The van der Waals surface area contributed by atoms with Crippen LogP contribution in [0, 0.1) is 10.1 Å². The number of carbonyl (C=O) groups excluding carboxylic acids is 2. The van der Waals surface area contributed by atoms with Crippen LogP contribution in [0.5, 0.6) is 0 Å². The van der Waals surface area contributed by atoms with Crippen LogP contribution in [0.2, 0.25) is 0 Å². The Morgan fingerprint density at radius 2 is 1.66 bits per heavy atom. The number of carbonyl (C=O) groups is 2. The summed E-state index contributed by atoms with van der Waals surface area (Å²) in [7, 11) is 0. The Bertz CT molecular complexity index is 1460. The number of fused-ring (bicyclic) bond motifs is 4. The molecule has 3 heterocycles. The summed E-state index contributed by atoms with van der Waals surface area (Å²) in [4.78, 5) is 44.8. The molecule has 0 aliphatic carbocycles. The van der Waals surface area contributed by atoms with Gasteiger partial charge in [0, 0.05) is 41.7 Å². The number of H-pyrrole nitrogens is 1. The van der Waals surface area contributed by atoms with E-state index in [4.69, 9.17) is 0 Å². The first-order valence-corrected chi connectivity index (χ1v) is 11.5. The van der Waals surface area contributed by atoms with Gasteiger partial charge in [-0.3, -0.25) is 19.7 Å². The van der Waals surface area contributed by atoms with E-state index in [9.17, 15) is 19.7 Å². The molecule has 174 valence electrons. The topological polar surface area (TPSA) is 99.5 Å². The number of hydrogen-bond acceptors (Lipinski definition) is 4. The molecule has 2 aliphatic heterocycles. The molecule has 6 rings (SSSR count). The minimum Gasteiger partial charge on any atom is -0.356 e. The Balaban J connectivity index is 1.45. The average Bonchev–Trinajstić information content (AvgIpc) is 3.25. The summed E-state index contributed by atoms with van der Waals surface area (Å²) in [6.45, 7) is 0.363. The first-order chi connectivity index (χ1) is 17.0. The predicted molar refractivity (Wildman–Crippen MR) is 129 cm³/mol. The van der Waals surface area contributed by atoms with Crippen molar-refractivity contribution in [2.45, 2.75) is 25.0 Å². The Labute approximate surface area is 200 Å². The van der Waals surface area contributed by atoms with Crippen molar-refractivity contribution in [3.05, 3.63) is 111 Å². The number of aromatic amines is 1. The van der Waals surface area contributed by atoms with Gasteiger partial charge in [-0.05, 0) is 34.9 Å². The number of rotatable bonds is 4. The molecule has 1 saturated heterocycles. The van der Waals surface area contributed by atoms with Gasteiger partial charge in [0.25, 0.3) is 5.69 Å². The minimum atomic E-state index is -0.646. The van der Waals surface area contributed by atoms with E-state index in [0.717, 1.165) is 33.3 Å². The highest BCUT2D eigenvalue weighted by Gasteiger charge is 2.48. The molecule has 8 heteroatoms. The molecule has 0 radical (unpaired) electrons. The number of para-hydroxylation sites is 1. The molecule has 4 aromatic rings. The van der Waals surface area contributed by atoms with Gasteiger partial charge in [-0.15, -0.1) is 0 Å². The van der Waals surface area contributed by atoms with Gasteiger partial charge >= 0.3 is 0 Å². The Kier molecular flexibility index (Phi) is 4.88. The summed E-state index contributed by atoms with van der Waals surface area (Å²) in [6.07, 6.45) is 0.415. The molecule has 2 aliphatic rings. The first-order valence-electron chi connectivity index (χ1n) is 11.5. The van der Waals surface area contributed by atoms with Gasteiger partial charge in [-0.1, -0.05) is 48.5 Å². The van der Waals surface area contributed by atoms with Crippen molar-refractivity contribution in [2.75, 3.05) is 6.54 Å². The van der Waals surface area contributed by atoms with Crippen molar-refractivity contribution in [3.63, 3.8) is 0 Å². The van der Waals surface area contributed by atoms with Gasteiger partial charge in [-0.25, -0.2) is 0 Å². The molecule has 0 unspecified atom stereocenters.